The molecule has 0 saturated heterocycles. The molecular formula is C8H4ClF4NO3. The van der Waals surface area contributed by atoms with Crippen molar-refractivity contribution in [3.05, 3.63) is 23.1 Å². The molecule has 0 aliphatic rings. The van der Waals surface area contributed by atoms with Crippen LogP contribution in [0, 0.1) is 5.95 Å². The van der Waals surface area contributed by atoms with Crippen LogP contribution in [0.1, 0.15) is 15.9 Å². The number of aromatic carboxylic acids is 1. The van der Waals surface area contributed by atoms with Crippen molar-refractivity contribution in [3.8, 4) is 5.88 Å². The number of halogens is 5. The second-order valence-corrected chi connectivity index (χ2v) is 3.03. The number of rotatable bonds is 3. The Kier molecular flexibility index (Phi) is 3.76. The average Bonchev–Trinajstić information content (AvgIpc) is 2.13. The monoisotopic (exact) mass is 273 g/mol. The molecule has 1 rings (SSSR count). The van der Waals surface area contributed by atoms with E-state index in [-0.39, 0.29) is 0 Å². The Morgan fingerprint density at radius 1 is 1.53 bits per heavy atom. The summed E-state index contributed by atoms with van der Waals surface area (Å²) >= 11 is 5.26. The molecule has 0 spiro atoms. The van der Waals surface area contributed by atoms with Crippen molar-refractivity contribution in [1.29, 1.82) is 0 Å². The molecule has 0 unspecified atom stereocenters. The first kappa shape index (κ1) is 13.5. The lowest BCUT2D eigenvalue weighted by Gasteiger charge is -2.10. The van der Waals surface area contributed by atoms with Crippen molar-refractivity contribution in [1.82, 2.24) is 4.98 Å². The second kappa shape index (κ2) is 4.74. The molecule has 0 fully saturated rings. The summed E-state index contributed by atoms with van der Waals surface area (Å²) in [6.45, 7) is 0. The summed E-state index contributed by atoms with van der Waals surface area (Å²) in [5.74, 6) is -4.78. The number of alkyl halides is 4. The van der Waals surface area contributed by atoms with Crippen molar-refractivity contribution in [2.45, 2.75) is 12.2 Å². The summed E-state index contributed by atoms with van der Waals surface area (Å²) in [5, 5.41) is 8.65. The zero-order valence-electron chi connectivity index (χ0n) is 7.89. The fourth-order valence-electron chi connectivity index (χ4n) is 1.01. The summed E-state index contributed by atoms with van der Waals surface area (Å²) in [5.41, 5.74) is -1.24. The van der Waals surface area contributed by atoms with Crippen LogP contribution in [0.25, 0.3) is 0 Å². The topological polar surface area (TPSA) is 59.4 Å². The van der Waals surface area contributed by atoms with Crippen LogP contribution in [0.15, 0.2) is 6.07 Å². The van der Waals surface area contributed by atoms with Crippen molar-refractivity contribution in [3.63, 3.8) is 0 Å². The Labute approximate surface area is 96.8 Å². The maximum Gasteiger partial charge on any atom is 0.574 e. The van der Waals surface area contributed by atoms with E-state index in [0.29, 0.717) is 6.07 Å². The third kappa shape index (κ3) is 3.45. The number of hydrogen-bond acceptors (Lipinski definition) is 3. The fourth-order valence-corrected chi connectivity index (χ4v) is 1.26. The van der Waals surface area contributed by atoms with Gasteiger partial charge in [0.05, 0.1) is 11.4 Å². The Morgan fingerprint density at radius 3 is 2.53 bits per heavy atom. The van der Waals surface area contributed by atoms with E-state index in [1.807, 2.05) is 0 Å². The highest BCUT2D eigenvalue weighted by Gasteiger charge is 2.33. The van der Waals surface area contributed by atoms with Gasteiger partial charge in [-0.2, -0.15) is 9.37 Å². The van der Waals surface area contributed by atoms with Crippen LogP contribution in [0.4, 0.5) is 17.6 Å². The predicted molar refractivity (Wildman–Crippen MR) is 47.4 cm³/mol. The molecule has 0 amide bonds. The van der Waals surface area contributed by atoms with E-state index in [1.54, 1.807) is 0 Å². The number of ether oxygens (including phenoxy) is 1. The maximum absolute atomic E-state index is 13.1. The highest BCUT2D eigenvalue weighted by atomic mass is 35.5. The average molecular weight is 274 g/mol. The van der Waals surface area contributed by atoms with Crippen LogP contribution in [-0.2, 0) is 5.88 Å². The van der Waals surface area contributed by atoms with Gasteiger partial charge in [-0.15, -0.1) is 24.8 Å². The standard InChI is InChI=1S/C8H4ClF4NO3/c9-2-4-3(7(15)16)1-5(14-6(4)10)17-8(11,12)13/h1H,2H2,(H,15,16). The van der Waals surface area contributed by atoms with Gasteiger partial charge in [-0.1, -0.05) is 0 Å². The summed E-state index contributed by atoms with van der Waals surface area (Å²) in [7, 11) is 0. The smallest absolute Gasteiger partial charge is 0.478 e. The minimum Gasteiger partial charge on any atom is -0.478 e. The number of hydrogen-bond donors (Lipinski definition) is 1. The first-order chi connectivity index (χ1) is 7.74. The van der Waals surface area contributed by atoms with Gasteiger partial charge in [0.2, 0.25) is 11.8 Å². The van der Waals surface area contributed by atoms with Gasteiger partial charge in [0.25, 0.3) is 0 Å². The van der Waals surface area contributed by atoms with Gasteiger partial charge >= 0.3 is 12.3 Å². The lowest BCUT2D eigenvalue weighted by atomic mass is 10.1. The Morgan fingerprint density at radius 2 is 2.12 bits per heavy atom. The van der Waals surface area contributed by atoms with Crippen molar-refractivity contribution >= 4 is 17.6 Å². The summed E-state index contributed by atoms with van der Waals surface area (Å²) in [6, 6.07) is 0.455. The van der Waals surface area contributed by atoms with Crippen LogP contribution in [0.5, 0.6) is 5.88 Å². The molecule has 4 nitrogen and oxygen atoms in total. The van der Waals surface area contributed by atoms with Crippen LogP contribution >= 0.6 is 11.6 Å². The first-order valence-electron chi connectivity index (χ1n) is 3.99. The van der Waals surface area contributed by atoms with Gasteiger partial charge in [0, 0.05) is 11.6 Å². The normalized spacial score (nSPS) is 11.4. The predicted octanol–water partition coefficient (Wildman–Crippen LogP) is 2.56. The maximum atomic E-state index is 13.1. The molecule has 0 saturated carbocycles. The largest absolute Gasteiger partial charge is 0.574 e. The molecule has 17 heavy (non-hydrogen) atoms. The van der Waals surface area contributed by atoms with E-state index in [0.717, 1.165) is 0 Å². The van der Waals surface area contributed by atoms with Gasteiger partial charge in [-0.05, 0) is 0 Å². The number of nitrogens with zero attached hydrogens (tertiary/aromatic N) is 1. The minimum absolute atomic E-state index is 0.455. The Hall–Kier alpha value is -1.57. The molecule has 1 aromatic heterocycles. The van der Waals surface area contributed by atoms with Crippen molar-refractivity contribution < 1.29 is 32.2 Å². The number of aromatic nitrogens is 1. The van der Waals surface area contributed by atoms with E-state index in [1.165, 1.54) is 0 Å². The van der Waals surface area contributed by atoms with Crippen LogP contribution in [0.2, 0.25) is 0 Å². The fraction of sp³-hybridized carbons (Fsp3) is 0.250. The minimum atomic E-state index is -5.09. The molecule has 0 aromatic carbocycles. The third-order valence-electron chi connectivity index (χ3n) is 1.63. The molecule has 1 aromatic rings. The van der Waals surface area contributed by atoms with Gasteiger partial charge in [0.15, 0.2) is 0 Å². The van der Waals surface area contributed by atoms with Gasteiger partial charge in [-0.25, -0.2) is 4.79 Å². The molecule has 0 bridgehead atoms. The van der Waals surface area contributed by atoms with Crippen molar-refractivity contribution in [2.24, 2.45) is 0 Å². The molecule has 0 aliphatic carbocycles. The quantitative estimate of drug-likeness (QED) is 0.522. The van der Waals surface area contributed by atoms with E-state index in [9.17, 15) is 22.4 Å². The molecule has 0 radical (unpaired) electrons. The first-order valence-corrected chi connectivity index (χ1v) is 4.52. The second-order valence-electron chi connectivity index (χ2n) is 2.76. The lowest BCUT2D eigenvalue weighted by molar-refractivity contribution is -0.276. The lowest BCUT2D eigenvalue weighted by Crippen LogP contribution is -2.19. The van der Waals surface area contributed by atoms with E-state index in [4.69, 9.17) is 16.7 Å². The van der Waals surface area contributed by atoms with Gasteiger partial charge in [-0.3, -0.25) is 0 Å². The molecule has 0 aliphatic heterocycles. The number of pyridine rings is 1. The SMILES string of the molecule is O=C(O)c1cc(OC(F)(F)F)nc(F)c1CCl. The van der Waals surface area contributed by atoms with Crippen LogP contribution in [-0.4, -0.2) is 22.4 Å². The van der Waals surface area contributed by atoms with Crippen LogP contribution < -0.4 is 4.74 Å². The van der Waals surface area contributed by atoms with E-state index >= 15 is 0 Å². The summed E-state index contributed by atoms with van der Waals surface area (Å²) < 4.78 is 51.9. The van der Waals surface area contributed by atoms with Crippen molar-refractivity contribution in [2.75, 3.05) is 0 Å². The molecule has 1 heterocycles. The van der Waals surface area contributed by atoms with E-state index in [2.05, 4.69) is 9.72 Å². The number of carbonyl (C=O) groups is 1. The molecule has 94 valence electrons. The molecule has 9 heteroatoms. The Balaban J connectivity index is 3.25. The zero-order valence-corrected chi connectivity index (χ0v) is 8.64. The number of carboxylic acids is 1. The molecular weight excluding hydrogens is 270 g/mol. The number of carboxylic acid groups (broad SMARTS) is 1. The van der Waals surface area contributed by atoms with Gasteiger partial charge in [0.1, 0.15) is 0 Å². The van der Waals surface area contributed by atoms with Crippen LogP contribution in [0.3, 0.4) is 0 Å². The summed E-state index contributed by atoms with van der Waals surface area (Å²) in [4.78, 5) is 13.5. The van der Waals surface area contributed by atoms with Gasteiger partial charge < -0.3 is 9.84 Å². The Bertz CT molecular complexity index is 449. The van der Waals surface area contributed by atoms with E-state index < -0.39 is 41.2 Å². The highest BCUT2D eigenvalue weighted by molar-refractivity contribution is 6.17. The third-order valence-corrected chi connectivity index (χ3v) is 1.90. The highest BCUT2D eigenvalue weighted by Crippen LogP contribution is 2.25. The molecule has 0 atom stereocenters. The molecule has 1 N–H and O–H groups in total. The zero-order chi connectivity index (χ0) is 13.2. The summed E-state index contributed by atoms with van der Waals surface area (Å²) in [6.07, 6.45) is -5.09.